The molecule has 1 aromatic heterocycles. The van der Waals surface area contributed by atoms with Crippen molar-refractivity contribution >= 4 is 5.84 Å². The number of hydrogen-bond acceptors (Lipinski definition) is 7. The number of nitrogens with one attached hydrogen (secondary N) is 1. The van der Waals surface area contributed by atoms with Gasteiger partial charge in [0.1, 0.15) is 11.7 Å². The molecular formula is C16H25N7. The van der Waals surface area contributed by atoms with Crippen LogP contribution < -0.4 is 16.8 Å². The lowest BCUT2D eigenvalue weighted by atomic mass is 10.1. The molecule has 0 amide bonds. The van der Waals surface area contributed by atoms with E-state index in [2.05, 4.69) is 31.2 Å². The van der Waals surface area contributed by atoms with Crippen molar-refractivity contribution in [3.8, 4) is 0 Å². The predicted molar refractivity (Wildman–Crippen MR) is 91.1 cm³/mol. The first-order valence-electron chi connectivity index (χ1n) is 7.95. The van der Waals surface area contributed by atoms with Gasteiger partial charge in [-0.25, -0.2) is 4.99 Å². The Morgan fingerprint density at radius 1 is 1.22 bits per heavy atom. The van der Waals surface area contributed by atoms with Gasteiger partial charge < -0.3 is 16.8 Å². The van der Waals surface area contributed by atoms with Gasteiger partial charge in [-0.2, -0.15) is 0 Å². The van der Waals surface area contributed by atoms with Gasteiger partial charge in [-0.1, -0.05) is 6.07 Å². The highest BCUT2D eigenvalue weighted by molar-refractivity contribution is 5.97. The van der Waals surface area contributed by atoms with E-state index in [1.807, 2.05) is 32.2 Å². The average molecular weight is 315 g/mol. The summed E-state index contributed by atoms with van der Waals surface area (Å²) in [6, 6.07) is 6.04. The maximum atomic E-state index is 6.04. The first kappa shape index (κ1) is 15.8. The minimum absolute atomic E-state index is 0.514. The van der Waals surface area contributed by atoms with Crippen LogP contribution in [0.4, 0.5) is 0 Å². The van der Waals surface area contributed by atoms with Gasteiger partial charge >= 0.3 is 0 Å². The molecule has 3 rings (SSSR count). The van der Waals surface area contributed by atoms with Crippen molar-refractivity contribution in [2.45, 2.75) is 26.2 Å². The first-order valence-corrected chi connectivity index (χ1v) is 7.95. The van der Waals surface area contributed by atoms with E-state index in [0.717, 1.165) is 44.0 Å². The molecule has 0 bridgehead atoms. The van der Waals surface area contributed by atoms with Crippen molar-refractivity contribution in [1.29, 1.82) is 0 Å². The highest BCUT2D eigenvalue weighted by atomic mass is 15.5. The molecule has 2 aliphatic rings. The quantitative estimate of drug-likeness (QED) is 0.728. The minimum Gasteiger partial charge on any atom is -0.385 e. The van der Waals surface area contributed by atoms with Crippen LogP contribution in [0.15, 0.2) is 40.8 Å². The van der Waals surface area contributed by atoms with Crippen LogP contribution in [-0.4, -0.2) is 52.6 Å². The summed E-state index contributed by atoms with van der Waals surface area (Å²) < 4.78 is 0. The van der Waals surface area contributed by atoms with Crippen LogP contribution in [0.5, 0.6) is 0 Å². The van der Waals surface area contributed by atoms with Gasteiger partial charge in [-0.15, -0.1) is 0 Å². The Labute approximate surface area is 137 Å². The van der Waals surface area contributed by atoms with Crippen LogP contribution in [0.2, 0.25) is 0 Å². The monoisotopic (exact) mass is 315 g/mol. The van der Waals surface area contributed by atoms with Crippen LogP contribution in [0.25, 0.3) is 0 Å². The van der Waals surface area contributed by atoms with Crippen LogP contribution in [0, 0.1) is 0 Å². The first-order chi connectivity index (χ1) is 11.0. The summed E-state index contributed by atoms with van der Waals surface area (Å²) >= 11 is 0. The van der Waals surface area contributed by atoms with Crippen molar-refractivity contribution in [3.05, 3.63) is 41.5 Å². The molecule has 0 saturated carbocycles. The molecule has 2 aliphatic heterocycles. The van der Waals surface area contributed by atoms with Crippen LogP contribution in [0.3, 0.4) is 0 Å². The maximum absolute atomic E-state index is 6.04. The zero-order valence-corrected chi connectivity index (χ0v) is 13.8. The van der Waals surface area contributed by atoms with Gasteiger partial charge in [-0.05, 0) is 26.0 Å². The fraction of sp³-hybridized carbons (Fsp3) is 0.500. The van der Waals surface area contributed by atoms with E-state index in [1.165, 1.54) is 0 Å². The van der Waals surface area contributed by atoms with Crippen molar-refractivity contribution < 1.29 is 0 Å². The standard InChI is InChI=1S/C16H25N7/c1-12-14(17)20-16(2,21-15(12)18)23-9-7-22(8-10-23)11-13-5-3-4-6-19-13/h3-6,20H,7-11,17H2,1-2H3,(H2,18,21). The summed E-state index contributed by atoms with van der Waals surface area (Å²) in [4.78, 5) is 13.7. The topological polar surface area (TPSA) is 95.8 Å². The van der Waals surface area contributed by atoms with Crippen LogP contribution in [0.1, 0.15) is 19.5 Å². The number of aliphatic imine (C=N–C) groups is 1. The largest absolute Gasteiger partial charge is 0.385 e. The second-order valence-corrected chi connectivity index (χ2v) is 6.27. The van der Waals surface area contributed by atoms with E-state index in [0.29, 0.717) is 11.7 Å². The highest BCUT2D eigenvalue weighted by Crippen LogP contribution is 2.22. The van der Waals surface area contributed by atoms with E-state index in [4.69, 9.17) is 11.5 Å². The Bertz CT molecular complexity index is 617. The Morgan fingerprint density at radius 2 is 1.96 bits per heavy atom. The van der Waals surface area contributed by atoms with E-state index in [-0.39, 0.29) is 0 Å². The summed E-state index contributed by atoms with van der Waals surface area (Å²) in [5.74, 6) is 0.556. The van der Waals surface area contributed by atoms with Gasteiger partial charge in [0.2, 0.25) is 0 Å². The second kappa shape index (κ2) is 6.17. The average Bonchev–Trinajstić information content (AvgIpc) is 2.54. The SMILES string of the molecule is CC1=C(N)NC(C)(N2CCN(Cc3ccccn3)CC2)N=C1N. The smallest absolute Gasteiger partial charge is 0.187 e. The number of piperazine rings is 1. The fourth-order valence-electron chi connectivity index (χ4n) is 3.05. The maximum Gasteiger partial charge on any atom is 0.187 e. The molecule has 124 valence electrons. The Morgan fingerprint density at radius 3 is 2.57 bits per heavy atom. The summed E-state index contributed by atoms with van der Waals surface area (Å²) in [7, 11) is 0. The molecular weight excluding hydrogens is 290 g/mol. The van der Waals surface area contributed by atoms with E-state index in [1.54, 1.807) is 0 Å². The minimum atomic E-state index is -0.565. The van der Waals surface area contributed by atoms with Crippen LogP contribution in [-0.2, 0) is 6.54 Å². The van der Waals surface area contributed by atoms with E-state index >= 15 is 0 Å². The van der Waals surface area contributed by atoms with Gasteiger partial charge in [0.05, 0.1) is 5.69 Å². The molecule has 0 aromatic carbocycles. The van der Waals surface area contributed by atoms with Crippen molar-refractivity contribution in [2.75, 3.05) is 26.2 Å². The molecule has 0 aliphatic carbocycles. The number of hydrogen-bond donors (Lipinski definition) is 3. The molecule has 0 spiro atoms. The molecule has 1 fully saturated rings. The molecule has 1 aromatic rings. The summed E-state index contributed by atoms with van der Waals surface area (Å²) in [6.07, 6.45) is 1.84. The second-order valence-electron chi connectivity index (χ2n) is 6.27. The lowest BCUT2D eigenvalue weighted by Gasteiger charge is -2.45. The predicted octanol–water partition coefficient (Wildman–Crippen LogP) is 0.0235. The Balaban J connectivity index is 1.61. The van der Waals surface area contributed by atoms with E-state index in [9.17, 15) is 0 Å². The fourth-order valence-corrected chi connectivity index (χ4v) is 3.05. The summed E-state index contributed by atoms with van der Waals surface area (Å²) in [5.41, 5.74) is 14.0. The third-order valence-electron chi connectivity index (χ3n) is 4.60. The number of rotatable bonds is 3. The zero-order valence-electron chi connectivity index (χ0n) is 13.8. The molecule has 23 heavy (non-hydrogen) atoms. The van der Waals surface area contributed by atoms with Gasteiger partial charge in [0.15, 0.2) is 5.79 Å². The molecule has 7 nitrogen and oxygen atoms in total. The number of amidine groups is 1. The molecule has 7 heteroatoms. The normalized spacial score (nSPS) is 26.8. The lowest BCUT2D eigenvalue weighted by molar-refractivity contribution is 0.0278. The summed E-state index contributed by atoms with van der Waals surface area (Å²) in [5, 5.41) is 3.29. The number of aromatic nitrogens is 1. The lowest BCUT2D eigenvalue weighted by Crippen LogP contribution is -2.63. The third kappa shape index (κ3) is 3.30. The molecule has 3 heterocycles. The van der Waals surface area contributed by atoms with Crippen molar-refractivity contribution in [3.63, 3.8) is 0 Å². The molecule has 5 N–H and O–H groups in total. The van der Waals surface area contributed by atoms with Gasteiger partial charge in [-0.3, -0.25) is 14.8 Å². The molecule has 1 atom stereocenters. The van der Waals surface area contributed by atoms with Gasteiger partial charge in [0, 0.05) is 44.5 Å². The number of pyridine rings is 1. The Hall–Kier alpha value is -2.12. The molecule has 1 unspecified atom stereocenters. The van der Waals surface area contributed by atoms with Crippen molar-refractivity contribution in [2.24, 2.45) is 16.5 Å². The number of nitrogens with zero attached hydrogens (tertiary/aromatic N) is 4. The van der Waals surface area contributed by atoms with E-state index < -0.39 is 5.79 Å². The zero-order chi connectivity index (χ0) is 16.4. The summed E-state index contributed by atoms with van der Waals surface area (Å²) in [6.45, 7) is 8.51. The molecule has 0 radical (unpaired) electrons. The van der Waals surface area contributed by atoms with Crippen LogP contribution >= 0.6 is 0 Å². The Kier molecular flexibility index (Phi) is 4.23. The molecule has 1 saturated heterocycles. The number of nitrogens with two attached hydrogens (primary N) is 2. The highest BCUT2D eigenvalue weighted by Gasteiger charge is 2.36. The van der Waals surface area contributed by atoms with Gasteiger partial charge in [0.25, 0.3) is 0 Å². The van der Waals surface area contributed by atoms with Crippen molar-refractivity contribution in [1.82, 2.24) is 20.1 Å². The third-order valence-corrected chi connectivity index (χ3v) is 4.60.